The van der Waals surface area contributed by atoms with Gasteiger partial charge < -0.3 is 0 Å². The van der Waals surface area contributed by atoms with E-state index in [-0.39, 0.29) is 0 Å². The third kappa shape index (κ3) is 1.83. The van der Waals surface area contributed by atoms with Crippen molar-refractivity contribution in [1.29, 1.82) is 0 Å². The molecule has 0 fully saturated rings. The number of fused-ring (bicyclic) bond motifs is 2. The van der Waals surface area contributed by atoms with Gasteiger partial charge in [0, 0.05) is 0 Å². The van der Waals surface area contributed by atoms with Gasteiger partial charge in [0.05, 0.1) is 0 Å². The van der Waals surface area contributed by atoms with Gasteiger partial charge in [0.15, 0.2) is 0 Å². The molecule has 0 amide bonds. The molecule has 2 heteroatoms. The van der Waals surface area contributed by atoms with E-state index in [1.54, 1.807) is 7.94 Å². The molecule has 16 heavy (non-hydrogen) atoms. The normalized spacial score (nSPS) is 12.9. The van der Waals surface area contributed by atoms with Crippen molar-refractivity contribution in [2.45, 2.75) is 6.42 Å². The van der Waals surface area contributed by atoms with Crippen LogP contribution in [0.15, 0.2) is 48.5 Å². The predicted molar refractivity (Wildman–Crippen MR) is 63.7 cm³/mol. The average molecular weight is 284 g/mol. The first-order valence-electron chi connectivity index (χ1n) is 5.58. The number of hydrogen-bond donors (Lipinski definition) is 0. The van der Waals surface area contributed by atoms with Crippen LogP contribution >= 0.6 is 0 Å². The van der Waals surface area contributed by atoms with Crippen LogP contribution in [-0.4, -0.2) is 7.05 Å². The van der Waals surface area contributed by atoms with Crippen molar-refractivity contribution in [1.82, 2.24) is 0 Å². The zero-order chi connectivity index (χ0) is 11.0. The molecule has 2 aromatic carbocycles. The first-order chi connectivity index (χ1) is 7.84. The molecule has 2 aromatic rings. The summed E-state index contributed by atoms with van der Waals surface area (Å²) in [6.45, 7) is 0. The second-order valence-electron chi connectivity index (χ2n) is 4.24. The fourth-order valence-electron chi connectivity index (χ4n) is 2.31. The molecule has 0 atom stereocenters. The van der Waals surface area contributed by atoms with Gasteiger partial charge in [-0.1, -0.05) is 0 Å². The molecule has 0 N–H and O–H groups in total. The molecule has 0 aromatic heterocycles. The summed E-state index contributed by atoms with van der Waals surface area (Å²) in [5.41, 5.74) is 4.46. The SMILES string of the molecule is C[N]1[Y][c]2ccccc2Cc2ccccc21. The number of anilines is 1. The van der Waals surface area contributed by atoms with Gasteiger partial charge in [-0.05, 0) is 0 Å². The Morgan fingerprint density at radius 1 is 0.938 bits per heavy atom. The van der Waals surface area contributed by atoms with Crippen LogP contribution in [0, 0.1) is 0 Å². The summed E-state index contributed by atoms with van der Waals surface area (Å²) >= 11 is -0.820. The van der Waals surface area contributed by atoms with Crippen molar-refractivity contribution in [3.05, 3.63) is 59.7 Å². The number of para-hydroxylation sites is 1. The Morgan fingerprint density at radius 2 is 1.62 bits per heavy atom. The Bertz CT molecular complexity index is 522. The first kappa shape index (κ1) is 10.5. The van der Waals surface area contributed by atoms with Crippen molar-refractivity contribution in [3.8, 4) is 0 Å². The van der Waals surface area contributed by atoms with Gasteiger partial charge in [-0.15, -0.1) is 0 Å². The van der Waals surface area contributed by atoms with Gasteiger partial charge in [-0.3, -0.25) is 0 Å². The van der Waals surface area contributed by atoms with Crippen molar-refractivity contribution < 1.29 is 29.5 Å². The van der Waals surface area contributed by atoms with E-state index in [1.165, 1.54) is 11.3 Å². The molecule has 0 aliphatic carbocycles. The topological polar surface area (TPSA) is 3.24 Å². The summed E-state index contributed by atoms with van der Waals surface area (Å²) in [6.07, 6.45) is 1.10. The number of rotatable bonds is 0. The fourth-order valence-corrected chi connectivity index (χ4v) is 5.68. The second-order valence-corrected chi connectivity index (χ2v) is 8.31. The Morgan fingerprint density at radius 3 is 2.50 bits per heavy atom. The van der Waals surface area contributed by atoms with Crippen molar-refractivity contribution in [2.75, 3.05) is 9.08 Å². The molecule has 0 saturated heterocycles. The van der Waals surface area contributed by atoms with E-state index in [9.17, 15) is 0 Å². The van der Waals surface area contributed by atoms with Crippen LogP contribution in [0.25, 0.3) is 0 Å². The summed E-state index contributed by atoms with van der Waals surface area (Å²) in [5.74, 6) is 0. The Labute approximate surface area is 112 Å². The first-order valence-corrected chi connectivity index (χ1v) is 8.27. The maximum absolute atomic E-state index is 2.52. The second kappa shape index (κ2) is 4.31. The maximum atomic E-state index is 2.52. The van der Waals surface area contributed by atoms with Crippen LogP contribution in [0.5, 0.6) is 0 Å². The van der Waals surface area contributed by atoms with Gasteiger partial charge in [-0.25, -0.2) is 0 Å². The van der Waals surface area contributed by atoms with Crippen LogP contribution < -0.4 is 4.41 Å². The summed E-state index contributed by atoms with van der Waals surface area (Å²) in [7, 11) is 2.25. The zero-order valence-corrected chi connectivity index (χ0v) is 12.2. The molecule has 0 bridgehead atoms. The molecule has 1 aliphatic heterocycles. The van der Waals surface area contributed by atoms with Crippen molar-refractivity contribution >= 4 is 8.06 Å². The standard InChI is InChI=1S/C14H13N.Y/c1-15-14-10-6-5-9-13(14)11-12-7-3-2-4-8-12;/h2-7,9-10H,11H2,1H3;/q-1;+1. The van der Waals surface area contributed by atoms with Crippen LogP contribution in [0.1, 0.15) is 11.1 Å². The molecule has 77 valence electrons. The zero-order valence-electron chi connectivity index (χ0n) is 9.35. The predicted octanol–water partition coefficient (Wildman–Crippen LogP) is 2.35. The van der Waals surface area contributed by atoms with Crippen LogP contribution in [-0.2, 0) is 36.0 Å². The average Bonchev–Trinajstić information content (AvgIpc) is 2.45. The number of nitrogens with zero attached hydrogens (tertiary/aromatic N) is 1. The van der Waals surface area contributed by atoms with E-state index in [0.717, 1.165) is 6.42 Å². The molecule has 0 radical (unpaired) electrons. The number of hydrogen-bond acceptors (Lipinski definition) is 1. The minimum atomic E-state index is -0.820. The van der Waals surface area contributed by atoms with E-state index in [4.69, 9.17) is 0 Å². The van der Waals surface area contributed by atoms with E-state index >= 15 is 0 Å². The van der Waals surface area contributed by atoms with Gasteiger partial charge in [0.1, 0.15) is 0 Å². The van der Waals surface area contributed by atoms with Gasteiger partial charge in [0.2, 0.25) is 0 Å². The monoisotopic (exact) mass is 284 g/mol. The third-order valence-corrected chi connectivity index (χ3v) is 6.84. The molecule has 0 spiro atoms. The molecular formula is C14H13NY. The number of benzene rings is 2. The molecule has 1 heterocycles. The summed E-state index contributed by atoms with van der Waals surface area (Å²) < 4.78 is 4.16. The van der Waals surface area contributed by atoms with E-state index in [0.29, 0.717) is 0 Å². The van der Waals surface area contributed by atoms with E-state index < -0.39 is 29.5 Å². The molecule has 0 saturated carbocycles. The summed E-state index contributed by atoms with van der Waals surface area (Å²) in [5, 5.41) is 0. The Hall–Kier alpha value is -0.656. The fraction of sp³-hybridized carbons (Fsp3) is 0.143. The van der Waals surface area contributed by atoms with Crippen molar-refractivity contribution in [3.63, 3.8) is 0 Å². The van der Waals surface area contributed by atoms with Gasteiger partial charge in [0.25, 0.3) is 0 Å². The summed E-state index contributed by atoms with van der Waals surface area (Å²) in [4.78, 5) is 0. The minimum absolute atomic E-state index is 0.820. The molecular weight excluding hydrogens is 271 g/mol. The third-order valence-electron chi connectivity index (χ3n) is 3.14. The molecule has 0 unspecified atom stereocenters. The van der Waals surface area contributed by atoms with Gasteiger partial charge in [-0.2, -0.15) is 0 Å². The van der Waals surface area contributed by atoms with Crippen LogP contribution in [0.3, 0.4) is 0 Å². The van der Waals surface area contributed by atoms with Crippen molar-refractivity contribution in [2.24, 2.45) is 0 Å². The van der Waals surface area contributed by atoms with Crippen LogP contribution in [0.2, 0.25) is 0 Å². The van der Waals surface area contributed by atoms with E-state index in [1.807, 2.05) is 0 Å². The van der Waals surface area contributed by atoms with Gasteiger partial charge >= 0.3 is 113 Å². The van der Waals surface area contributed by atoms with Crippen LogP contribution in [0.4, 0.5) is 5.69 Å². The Balaban J connectivity index is 2.15. The Kier molecular flexibility index (Phi) is 2.83. The molecule has 1 nitrogen and oxygen atoms in total. The molecule has 3 rings (SSSR count). The quantitative estimate of drug-likeness (QED) is 0.718. The molecule has 1 aliphatic rings. The summed E-state index contributed by atoms with van der Waals surface area (Å²) in [6, 6.07) is 17.8. The van der Waals surface area contributed by atoms with E-state index in [2.05, 4.69) is 57.6 Å².